The summed E-state index contributed by atoms with van der Waals surface area (Å²) in [7, 11) is 0. The van der Waals surface area contributed by atoms with Gasteiger partial charge in [0.15, 0.2) is 0 Å². The Kier molecular flexibility index (Phi) is 6.25. The Morgan fingerprint density at radius 3 is 2.48 bits per heavy atom. The quantitative estimate of drug-likeness (QED) is 0.442. The van der Waals surface area contributed by atoms with Crippen LogP contribution in [0.4, 0.5) is 4.79 Å². The van der Waals surface area contributed by atoms with E-state index in [1.165, 1.54) is 12.7 Å². The third kappa shape index (κ3) is 4.36. The molecule has 1 saturated carbocycles. The van der Waals surface area contributed by atoms with E-state index < -0.39 is 0 Å². The number of esters is 1. The van der Waals surface area contributed by atoms with Gasteiger partial charge < -0.3 is 14.4 Å². The molecular weight excluding hydrogens is 294 g/mol. The summed E-state index contributed by atoms with van der Waals surface area (Å²) >= 11 is 0. The van der Waals surface area contributed by atoms with Gasteiger partial charge in [-0.3, -0.25) is 0 Å². The van der Waals surface area contributed by atoms with E-state index >= 15 is 0 Å². The number of nitrogens with zero attached hydrogens (tertiary/aromatic N) is 1. The normalized spacial score (nSPS) is 27.3. The molecular formula is C18H27NO4. The lowest BCUT2D eigenvalue weighted by atomic mass is 9.67. The zero-order valence-electron chi connectivity index (χ0n) is 14.1. The molecule has 1 amide bonds. The minimum atomic E-state index is -0.298. The van der Waals surface area contributed by atoms with E-state index in [1.807, 2.05) is 19.9 Å². The fourth-order valence-electron chi connectivity index (χ4n) is 3.87. The van der Waals surface area contributed by atoms with Crippen molar-refractivity contribution < 1.29 is 19.1 Å². The summed E-state index contributed by atoms with van der Waals surface area (Å²) in [5.41, 5.74) is 0.679. The highest BCUT2D eigenvalue weighted by Crippen LogP contribution is 2.42. The van der Waals surface area contributed by atoms with E-state index in [0.717, 1.165) is 32.4 Å². The van der Waals surface area contributed by atoms with Gasteiger partial charge in [-0.1, -0.05) is 19.1 Å². The van der Waals surface area contributed by atoms with Gasteiger partial charge in [0.25, 0.3) is 0 Å². The molecule has 5 nitrogen and oxygen atoms in total. The molecule has 23 heavy (non-hydrogen) atoms. The summed E-state index contributed by atoms with van der Waals surface area (Å²) in [5.74, 6) is 1.25. The number of hydrogen-bond donors (Lipinski definition) is 0. The van der Waals surface area contributed by atoms with E-state index in [-0.39, 0.29) is 12.1 Å². The molecule has 1 aliphatic carbocycles. The monoisotopic (exact) mass is 321 g/mol. The summed E-state index contributed by atoms with van der Waals surface area (Å²) in [6.45, 7) is 8.94. The highest BCUT2D eigenvalue weighted by molar-refractivity contribution is 5.87. The SMILES string of the molecule is C=COC(=O)N1CC2CCCC(C1)C2CC=C(C)C(=O)OCC. The van der Waals surface area contributed by atoms with E-state index in [4.69, 9.17) is 9.47 Å². The number of piperidine rings is 1. The van der Waals surface area contributed by atoms with Gasteiger partial charge in [-0.05, 0) is 50.9 Å². The first-order chi connectivity index (χ1) is 11.1. The molecule has 0 radical (unpaired) electrons. The van der Waals surface area contributed by atoms with Crippen LogP contribution in [-0.2, 0) is 14.3 Å². The third-order valence-electron chi connectivity index (χ3n) is 5.01. The van der Waals surface area contributed by atoms with Gasteiger partial charge in [0.2, 0.25) is 0 Å². The fraction of sp³-hybridized carbons (Fsp3) is 0.667. The Labute approximate surface area is 138 Å². The molecule has 2 unspecified atom stereocenters. The molecule has 2 rings (SSSR count). The van der Waals surface area contributed by atoms with Gasteiger partial charge in [0, 0.05) is 18.7 Å². The Morgan fingerprint density at radius 2 is 1.91 bits per heavy atom. The minimum absolute atomic E-state index is 0.232. The summed E-state index contributed by atoms with van der Waals surface area (Å²) in [6.07, 6.45) is 7.26. The van der Waals surface area contributed by atoms with Crippen LogP contribution in [0.2, 0.25) is 0 Å². The molecule has 0 aromatic rings. The van der Waals surface area contributed by atoms with Gasteiger partial charge in [-0.25, -0.2) is 9.59 Å². The van der Waals surface area contributed by atoms with Crippen molar-refractivity contribution in [3.63, 3.8) is 0 Å². The second-order valence-electron chi connectivity index (χ2n) is 6.41. The zero-order chi connectivity index (χ0) is 16.8. The van der Waals surface area contributed by atoms with Crippen LogP contribution >= 0.6 is 0 Å². The van der Waals surface area contributed by atoms with Crippen LogP contribution in [0.1, 0.15) is 39.5 Å². The number of rotatable bonds is 5. The highest BCUT2D eigenvalue weighted by Gasteiger charge is 2.40. The van der Waals surface area contributed by atoms with Crippen molar-refractivity contribution in [1.82, 2.24) is 4.90 Å². The van der Waals surface area contributed by atoms with Crippen LogP contribution in [0.5, 0.6) is 0 Å². The topological polar surface area (TPSA) is 55.8 Å². The van der Waals surface area contributed by atoms with Gasteiger partial charge in [0.1, 0.15) is 0 Å². The maximum Gasteiger partial charge on any atom is 0.414 e. The number of ether oxygens (including phenoxy) is 2. The average Bonchev–Trinajstić information content (AvgIpc) is 2.52. The van der Waals surface area contributed by atoms with Gasteiger partial charge in [0.05, 0.1) is 12.9 Å². The second kappa shape index (κ2) is 8.18. The molecule has 128 valence electrons. The summed E-state index contributed by atoms with van der Waals surface area (Å²) < 4.78 is 9.94. The third-order valence-corrected chi connectivity index (χ3v) is 5.01. The van der Waals surface area contributed by atoms with Gasteiger partial charge in [-0.2, -0.15) is 0 Å². The molecule has 5 heteroatoms. The number of carbonyl (C=O) groups is 2. The van der Waals surface area contributed by atoms with E-state index in [0.29, 0.717) is 29.9 Å². The molecule has 1 heterocycles. The number of hydrogen-bond acceptors (Lipinski definition) is 4. The lowest BCUT2D eigenvalue weighted by Crippen LogP contribution is -2.50. The Balaban J connectivity index is 1.99. The van der Waals surface area contributed by atoms with Crippen LogP contribution in [0, 0.1) is 17.8 Å². The highest BCUT2D eigenvalue weighted by atomic mass is 16.5. The average molecular weight is 321 g/mol. The lowest BCUT2D eigenvalue weighted by molar-refractivity contribution is -0.138. The first kappa shape index (κ1) is 17.6. The van der Waals surface area contributed by atoms with Gasteiger partial charge >= 0.3 is 12.1 Å². The Bertz CT molecular complexity index is 471. The molecule has 2 fully saturated rings. The van der Waals surface area contributed by atoms with Crippen molar-refractivity contribution in [3.05, 3.63) is 24.5 Å². The fourth-order valence-corrected chi connectivity index (χ4v) is 3.87. The smallest absolute Gasteiger partial charge is 0.414 e. The molecule has 1 saturated heterocycles. The predicted octanol–water partition coefficient (Wildman–Crippen LogP) is 3.51. The molecule has 0 spiro atoms. The molecule has 2 atom stereocenters. The summed E-state index contributed by atoms with van der Waals surface area (Å²) in [6, 6.07) is 0. The molecule has 2 bridgehead atoms. The van der Waals surface area contributed by atoms with Crippen molar-refractivity contribution in [2.45, 2.75) is 39.5 Å². The molecule has 0 aromatic heterocycles. The summed E-state index contributed by atoms with van der Waals surface area (Å²) in [5, 5.41) is 0. The second-order valence-corrected chi connectivity index (χ2v) is 6.41. The van der Waals surface area contributed by atoms with Gasteiger partial charge in [-0.15, -0.1) is 0 Å². The van der Waals surface area contributed by atoms with Crippen molar-refractivity contribution >= 4 is 12.1 Å². The van der Waals surface area contributed by atoms with Crippen LogP contribution in [0.15, 0.2) is 24.5 Å². The number of fused-ring (bicyclic) bond motifs is 2. The molecule has 0 N–H and O–H groups in total. The van der Waals surface area contributed by atoms with Crippen molar-refractivity contribution in [2.24, 2.45) is 17.8 Å². The maximum atomic E-state index is 11.9. The first-order valence-electron chi connectivity index (χ1n) is 8.47. The number of likely N-dealkylation sites (tertiary alicyclic amines) is 1. The van der Waals surface area contributed by atoms with Crippen molar-refractivity contribution in [3.8, 4) is 0 Å². The van der Waals surface area contributed by atoms with Crippen molar-refractivity contribution in [1.29, 1.82) is 0 Å². The number of carbonyl (C=O) groups excluding carboxylic acids is 2. The standard InChI is InChI=1S/C18H27NO4/c1-4-22-17(20)13(3)9-10-16-14-7-6-8-15(16)12-19(11-14)18(21)23-5-2/h5,9,14-16H,2,4,6-8,10-12H2,1,3H3. The lowest BCUT2D eigenvalue weighted by Gasteiger charge is -2.46. The van der Waals surface area contributed by atoms with Crippen LogP contribution in [0.3, 0.4) is 0 Å². The molecule has 1 aliphatic heterocycles. The first-order valence-corrected chi connectivity index (χ1v) is 8.47. The number of allylic oxidation sites excluding steroid dienone is 1. The minimum Gasteiger partial charge on any atom is -0.463 e. The van der Waals surface area contributed by atoms with Crippen LogP contribution in [-0.4, -0.2) is 36.7 Å². The largest absolute Gasteiger partial charge is 0.463 e. The Hall–Kier alpha value is -1.78. The number of amides is 1. The predicted molar refractivity (Wildman–Crippen MR) is 87.6 cm³/mol. The van der Waals surface area contributed by atoms with E-state index in [9.17, 15) is 9.59 Å². The summed E-state index contributed by atoms with van der Waals surface area (Å²) in [4.78, 5) is 25.4. The Morgan fingerprint density at radius 1 is 1.26 bits per heavy atom. The van der Waals surface area contributed by atoms with Crippen LogP contribution in [0.25, 0.3) is 0 Å². The van der Waals surface area contributed by atoms with Crippen LogP contribution < -0.4 is 0 Å². The van der Waals surface area contributed by atoms with E-state index in [1.54, 1.807) is 4.90 Å². The maximum absolute atomic E-state index is 11.9. The van der Waals surface area contributed by atoms with Crippen molar-refractivity contribution in [2.75, 3.05) is 19.7 Å². The molecule has 0 aromatic carbocycles. The van der Waals surface area contributed by atoms with E-state index in [2.05, 4.69) is 6.58 Å². The zero-order valence-corrected chi connectivity index (χ0v) is 14.1. The molecule has 2 aliphatic rings.